The van der Waals surface area contributed by atoms with E-state index < -0.39 is 0 Å². The number of carbonyl (C=O) groups is 2. The summed E-state index contributed by atoms with van der Waals surface area (Å²) >= 11 is 0. The molecule has 0 spiro atoms. The minimum atomic E-state index is -0.0811. The molecule has 7 nitrogen and oxygen atoms in total. The van der Waals surface area contributed by atoms with E-state index in [1.807, 2.05) is 65.6 Å². The largest absolute Gasteiger partial charge is 0.345 e. The maximum absolute atomic E-state index is 13.7. The number of amides is 3. The van der Waals surface area contributed by atoms with Crippen LogP contribution in [0.3, 0.4) is 0 Å². The van der Waals surface area contributed by atoms with E-state index in [4.69, 9.17) is 0 Å². The molecular weight excluding hydrogens is 390 g/mol. The fraction of sp³-hybridized carbons (Fsp3) is 0.292. The summed E-state index contributed by atoms with van der Waals surface area (Å²) < 4.78 is 0. The van der Waals surface area contributed by atoms with Crippen molar-refractivity contribution >= 4 is 23.3 Å². The number of para-hydroxylation sites is 2. The molecule has 7 heteroatoms. The quantitative estimate of drug-likeness (QED) is 0.690. The number of nitrogens with one attached hydrogen (secondary N) is 1. The predicted molar refractivity (Wildman–Crippen MR) is 121 cm³/mol. The molecule has 2 aromatic carbocycles. The molecule has 0 bridgehead atoms. The minimum Gasteiger partial charge on any atom is -0.345 e. The summed E-state index contributed by atoms with van der Waals surface area (Å²) in [5.74, 6) is -0.0464. The highest BCUT2D eigenvalue weighted by Crippen LogP contribution is 2.32. The van der Waals surface area contributed by atoms with Crippen molar-refractivity contribution in [3.8, 4) is 0 Å². The van der Waals surface area contributed by atoms with Crippen LogP contribution in [0.15, 0.2) is 66.9 Å². The Labute approximate surface area is 182 Å². The first kappa shape index (κ1) is 20.7. The highest BCUT2D eigenvalue weighted by Gasteiger charge is 2.32. The number of hydrogen-bond acceptors (Lipinski definition) is 3. The number of aromatic nitrogens is 2. The lowest BCUT2D eigenvalue weighted by molar-refractivity contribution is 0.0825. The molecular formula is C24H27N5O2. The summed E-state index contributed by atoms with van der Waals surface area (Å²) in [7, 11) is 3.46. The first-order chi connectivity index (χ1) is 15.1. The van der Waals surface area contributed by atoms with Gasteiger partial charge in [0, 0.05) is 33.1 Å². The summed E-state index contributed by atoms with van der Waals surface area (Å²) in [4.78, 5) is 31.4. The smallest absolute Gasteiger partial charge is 0.329 e. The molecule has 1 fully saturated rings. The number of carbonyl (C=O) groups excluding carboxylic acids is 2. The molecule has 1 aliphatic rings. The molecule has 1 aromatic heterocycles. The Hall–Kier alpha value is -3.61. The van der Waals surface area contributed by atoms with Crippen LogP contribution in [-0.2, 0) is 0 Å². The lowest BCUT2D eigenvalue weighted by Crippen LogP contribution is -2.45. The zero-order chi connectivity index (χ0) is 21.8. The number of nitrogens with zero attached hydrogens (tertiary/aromatic N) is 4. The first-order valence-corrected chi connectivity index (χ1v) is 10.5. The summed E-state index contributed by atoms with van der Waals surface area (Å²) in [6.45, 7) is 1.21. The molecule has 1 N–H and O–H groups in total. The average Bonchev–Trinajstić information content (AvgIpc) is 3.30. The molecule has 1 atom stereocenters. The fourth-order valence-corrected chi connectivity index (χ4v) is 4.07. The van der Waals surface area contributed by atoms with Gasteiger partial charge in [0.05, 0.1) is 28.8 Å². The number of piperidine rings is 1. The van der Waals surface area contributed by atoms with E-state index in [0.717, 1.165) is 29.9 Å². The van der Waals surface area contributed by atoms with Crippen molar-refractivity contribution in [3.05, 3.63) is 78.1 Å². The van der Waals surface area contributed by atoms with Crippen LogP contribution >= 0.6 is 0 Å². The molecule has 0 aliphatic carbocycles. The van der Waals surface area contributed by atoms with Crippen LogP contribution in [0.2, 0.25) is 0 Å². The van der Waals surface area contributed by atoms with Crippen LogP contribution in [0.5, 0.6) is 0 Å². The van der Waals surface area contributed by atoms with Crippen molar-refractivity contribution in [2.24, 2.45) is 0 Å². The van der Waals surface area contributed by atoms with Gasteiger partial charge in [0.25, 0.3) is 5.91 Å². The van der Waals surface area contributed by atoms with E-state index >= 15 is 0 Å². The third kappa shape index (κ3) is 4.30. The van der Waals surface area contributed by atoms with E-state index in [9.17, 15) is 9.59 Å². The highest BCUT2D eigenvalue weighted by molar-refractivity contribution is 5.99. The van der Waals surface area contributed by atoms with Crippen molar-refractivity contribution in [1.29, 1.82) is 0 Å². The summed E-state index contributed by atoms with van der Waals surface area (Å²) in [6, 6.07) is 19.3. The molecule has 0 radical (unpaired) electrons. The molecule has 2 heterocycles. The van der Waals surface area contributed by atoms with Gasteiger partial charge in [-0.15, -0.1) is 0 Å². The third-order valence-electron chi connectivity index (χ3n) is 5.63. The molecule has 3 aromatic rings. The van der Waals surface area contributed by atoms with E-state index in [-0.39, 0.29) is 17.9 Å². The lowest BCUT2D eigenvalue weighted by Gasteiger charge is -2.36. The van der Waals surface area contributed by atoms with Crippen LogP contribution in [0.1, 0.15) is 34.8 Å². The average molecular weight is 418 g/mol. The van der Waals surface area contributed by atoms with Gasteiger partial charge in [-0.3, -0.25) is 14.8 Å². The van der Waals surface area contributed by atoms with Crippen LogP contribution in [0, 0.1) is 0 Å². The first-order valence-electron chi connectivity index (χ1n) is 10.5. The highest BCUT2D eigenvalue weighted by atomic mass is 16.2. The van der Waals surface area contributed by atoms with E-state index in [1.54, 1.807) is 30.1 Å². The second kappa shape index (κ2) is 9.04. The van der Waals surface area contributed by atoms with Crippen LogP contribution in [0.4, 0.5) is 16.2 Å². The topological polar surface area (TPSA) is 72.5 Å². The number of likely N-dealkylation sites (tertiary alicyclic amines) is 1. The van der Waals surface area contributed by atoms with Crippen molar-refractivity contribution < 1.29 is 9.59 Å². The Morgan fingerprint density at radius 3 is 2.19 bits per heavy atom. The van der Waals surface area contributed by atoms with E-state index in [2.05, 4.69) is 10.2 Å². The lowest BCUT2D eigenvalue weighted by atomic mass is 9.92. The Morgan fingerprint density at radius 2 is 1.61 bits per heavy atom. The molecule has 4 rings (SSSR count). The van der Waals surface area contributed by atoms with Crippen molar-refractivity contribution in [1.82, 2.24) is 20.0 Å². The third-order valence-corrected chi connectivity index (χ3v) is 5.63. The number of rotatable bonds is 4. The Kier molecular flexibility index (Phi) is 6.02. The van der Waals surface area contributed by atoms with Gasteiger partial charge < -0.3 is 9.80 Å². The molecule has 31 heavy (non-hydrogen) atoms. The minimum absolute atomic E-state index is 0.0347. The molecule has 0 unspecified atom stereocenters. The van der Waals surface area contributed by atoms with Crippen LogP contribution < -0.4 is 4.90 Å². The Balaban J connectivity index is 1.61. The second-order valence-electron chi connectivity index (χ2n) is 7.97. The number of urea groups is 1. The molecule has 0 saturated carbocycles. The number of benzene rings is 2. The molecule has 3 amide bonds. The van der Waals surface area contributed by atoms with Crippen molar-refractivity contribution in [2.75, 3.05) is 32.1 Å². The number of hydrogen-bond donors (Lipinski definition) is 1. The maximum atomic E-state index is 13.7. The van der Waals surface area contributed by atoms with Gasteiger partial charge in [0.2, 0.25) is 0 Å². The standard InChI is InChI=1S/C24H27N5O2/c1-27(2)23(30)21-16-25-26-22(21)18-10-9-15-28(17-18)24(31)29(19-11-5-3-6-12-19)20-13-7-4-8-14-20/h3-8,11-14,16,18H,9-10,15,17H2,1-2H3,(H,25,26)/t18-/m1/s1. The summed E-state index contributed by atoms with van der Waals surface area (Å²) in [5, 5.41) is 7.13. The van der Waals surface area contributed by atoms with Gasteiger partial charge in [-0.05, 0) is 37.1 Å². The predicted octanol–water partition coefficient (Wildman–Crippen LogP) is 4.25. The molecule has 160 valence electrons. The maximum Gasteiger partial charge on any atom is 0.329 e. The monoisotopic (exact) mass is 417 g/mol. The van der Waals surface area contributed by atoms with E-state index in [0.29, 0.717) is 18.7 Å². The van der Waals surface area contributed by atoms with Crippen molar-refractivity contribution in [2.45, 2.75) is 18.8 Å². The van der Waals surface area contributed by atoms with Gasteiger partial charge in [0.1, 0.15) is 0 Å². The fourth-order valence-electron chi connectivity index (χ4n) is 4.07. The Morgan fingerprint density at radius 1 is 1.00 bits per heavy atom. The van der Waals surface area contributed by atoms with Crippen LogP contribution in [0.25, 0.3) is 0 Å². The van der Waals surface area contributed by atoms with Gasteiger partial charge in [-0.2, -0.15) is 5.10 Å². The molecule has 1 aliphatic heterocycles. The summed E-state index contributed by atoms with van der Waals surface area (Å²) in [5.41, 5.74) is 3.03. The zero-order valence-electron chi connectivity index (χ0n) is 17.9. The zero-order valence-corrected chi connectivity index (χ0v) is 17.9. The van der Waals surface area contributed by atoms with Gasteiger partial charge in [-0.25, -0.2) is 4.79 Å². The summed E-state index contributed by atoms with van der Waals surface area (Å²) in [6.07, 6.45) is 3.34. The number of H-pyrrole nitrogens is 1. The normalized spacial score (nSPS) is 16.1. The van der Waals surface area contributed by atoms with Crippen molar-refractivity contribution in [3.63, 3.8) is 0 Å². The number of aromatic amines is 1. The van der Waals surface area contributed by atoms with Crippen LogP contribution in [-0.4, -0.2) is 59.1 Å². The SMILES string of the molecule is CN(C)C(=O)c1cn[nH]c1[C@@H]1CCCN(C(=O)N(c2ccccc2)c2ccccc2)C1. The second-order valence-corrected chi connectivity index (χ2v) is 7.97. The van der Waals surface area contributed by atoms with Gasteiger partial charge in [-0.1, -0.05) is 36.4 Å². The van der Waals surface area contributed by atoms with E-state index in [1.165, 1.54) is 0 Å². The van der Waals surface area contributed by atoms with Gasteiger partial charge >= 0.3 is 6.03 Å². The van der Waals surface area contributed by atoms with Gasteiger partial charge in [0.15, 0.2) is 0 Å². The molecule has 1 saturated heterocycles. The number of anilines is 2. The Bertz CT molecular complexity index is 993.